The van der Waals surface area contributed by atoms with E-state index in [0.29, 0.717) is 0 Å². The summed E-state index contributed by atoms with van der Waals surface area (Å²) in [5.41, 5.74) is 5.17. The summed E-state index contributed by atoms with van der Waals surface area (Å²) in [6.07, 6.45) is 9.98. The van der Waals surface area contributed by atoms with Gasteiger partial charge in [0.25, 0.3) is 0 Å². The average molecular weight is 541 g/mol. The molecule has 4 rings (SSSR count). The quantitative estimate of drug-likeness (QED) is 0.297. The highest BCUT2D eigenvalue weighted by Crippen LogP contribution is 2.26. The Morgan fingerprint density at radius 1 is 1.03 bits per heavy atom. The number of hydrogen-bond donors (Lipinski definition) is 0. The van der Waals surface area contributed by atoms with E-state index in [1.165, 1.54) is 29.5 Å². The molecule has 38 heavy (non-hydrogen) atoms. The van der Waals surface area contributed by atoms with Crippen LogP contribution in [0, 0.1) is 11.7 Å². The molecule has 2 aromatic carbocycles. The Morgan fingerprint density at radius 2 is 1.76 bits per heavy atom. The van der Waals surface area contributed by atoms with E-state index in [9.17, 15) is 4.39 Å². The number of benzene rings is 2. The monoisotopic (exact) mass is 540 g/mol. The summed E-state index contributed by atoms with van der Waals surface area (Å²) in [5.74, 6) is 1.53. The first-order valence-corrected chi connectivity index (χ1v) is 14.8. The molecule has 1 fully saturated rings. The summed E-state index contributed by atoms with van der Waals surface area (Å²) in [6, 6.07) is 13.5. The molecule has 0 aromatic heterocycles. The fourth-order valence-electron chi connectivity index (χ4n) is 5.37. The summed E-state index contributed by atoms with van der Waals surface area (Å²) in [7, 11) is 0. The van der Waals surface area contributed by atoms with Gasteiger partial charge >= 0.3 is 0 Å². The highest BCUT2D eigenvalue weighted by atomic mass is 35.5. The van der Waals surface area contributed by atoms with Gasteiger partial charge in [0.05, 0.1) is 6.61 Å². The summed E-state index contributed by atoms with van der Waals surface area (Å²) in [5, 5.41) is 0.892. The number of allylic oxidation sites excluding steroid dienone is 2. The predicted molar refractivity (Wildman–Crippen MR) is 159 cm³/mol. The van der Waals surface area contributed by atoms with Gasteiger partial charge in [-0.1, -0.05) is 55.8 Å². The van der Waals surface area contributed by atoms with E-state index in [1.54, 1.807) is 12.1 Å². The molecule has 208 valence electrons. The Balaban J connectivity index is 0.00000195. The zero-order chi connectivity index (χ0) is 27.3. The van der Waals surface area contributed by atoms with E-state index in [0.717, 1.165) is 87.4 Å². The van der Waals surface area contributed by atoms with Crippen LogP contribution in [0.1, 0.15) is 70.1 Å². The Kier molecular flexibility index (Phi) is 12.9. The zero-order valence-corrected chi connectivity index (χ0v) is 24.6. The highest BCUT2D eigenvalue weighted by molar-refractivity contribution is 6.29. The van der Waals surface area contributed by atoms with E-state index in [4.69, 9.17) is 16.3 Å². The maximum absolute atomic E-state index is 13.3. The first-order chi connectivity index (χ1) is 18.5. The van der Waals surface area contributed by atoms with Gasteiger partial charge in [-0.15, -0.1) is 0 Å². The molecule has 5 heteroatoms. The van der Waals surface area contributed by atoms with Crippen LogP contribution in [0.15, 0.2) is 65.2 Å². The van der Waals surface area contributed by atoms with Crippen molar-refractivity contribution in [2.45, 2.75) is 72.9 Å². The van der Waals surface area contributed by atoms with Crippen LogP contribution in [0.4, 0.5) is 4.39 Å². The minimum atomic E-state index is -0.176. The number of piperidine rings is 1. The van der Waals surface area contributed by atoms with Crippen molar-refractivity contribution in [3.05, 3.63) is 87.7 Å². The van der Waals surface area contributed by atoms with Crippen LogP contribution in [0.25, 0.3) is 0 Å². The molecule has 2 heterocycles. The van der Waals surface area contributed by atoms with Crippen molar-refractivity contribution >= 4 is 11.6 Å². The maximum atomic E-state index is 13.3. The number of aryl methyl sites for hydroxylation is 1. The Bertz CT molecular complexity index is 1040. The molecule has 0 saturated carbocycles. The van der Waals surface area contributed by atoms with Crippen molar-refractivity contribution in [2.75, 3.05) is 32.8 Å². The van der Waals surface area contributed by atoms with Gasteiger partial charge in [0.2, 0.25) is 0 Å². The Morgan fingerprint density at radius 3 is 2.45 bits per heavy atom. The number of halogens is 2. The molecule has 0 atom stereocenters. The molecule has 0 N–H and O–H groups in total. The number of rotatable bonds is 9. The fourth-order valence-corrected chi connectivity index (χ4v) is 5.50. The second-order valence-electron chi connectivity index (χ2n) is 10.3. The molecular formula is C33H46ClFN2O. The van der Waals surface area contributed by atoms with Crippen LogP contribution in [0.3, 0.4) is 0 Å². The van der Waals surface area contributed by atoms with Crippen LogP contribution in [0.5, 0.6) is 5.75 Å². The van der Waals surface area contributed by atoms with Crippen molar-refractivity contribution in [1.82, 2.24) is 9.80 Å². The van der Waals surface area contributed by atoms with E-state index in [-0.39, 0.29) is 5.82 Å². The largest absolute Gasteiger partial charge is 0.494 e. The third-order valence-electron chi connectivity index (χ3n) is 7.52. The molecule has 0 spiro atoms. The van der Waals surface area contributed by atoms with Gasteiger partial charge in [0.1, 0.15) is 11.6 Å². The first kappa shape index (κ1) is 30.4. The number of fused-ring (bicyclic) bond motifs is 1. The van der Waals surface area contributed by atoms with E-state index in [1.807, 2.05) is 39.8 Å². The van der Waals surface area contributed by atoms with Crippen LogP contribution >= 0.6 is 11.6 Å². The lowest BCUT2D eigenvalue weighted by atomic mass is 9.93. The van der Waals surface area contributed by atoms with Gasteiger partial charge in [0, 0.05) is 24.7 Å². The number of ether oxygens (including phenoxy) is 1. The molecule has 0 radical (unpaired) electrons. The van der Waals surface area contributed by atoms with Crippen molar-refractivity contribution in [1.29, 1.82) is 0 Å². The zero-order valence-electron chi connectivity index (χ0n) is 23.8. The van der Waals surface area contributed by atoms with Gasteiger partial charge in [0.15, 0.2) is 0 Å². The molecule has 1 saturated heterocycles. The summed E-state index contributed by atoms with van der Waals surface area (Å²) in [6.45, 7) is 14.8. The summed E-state index contributed by atoms with van der Waals surface area (Å²) in [4.78, 5) is 4.97. The second-order valence-corrected chi connectivity index (χ2v) is 10.9. The van der Waals surface area contributed by atoms with Gasteiger partial charge in [-0.05, 0) is 118 Å². The Hall–Kier alpha value is -2.14. The lowest BCUT2D eigenvalue weighted by Crippen LogP contribution is -2.35. The van der Waals surface area contributed by atoms with Crippen LogP contribution in [0.2, 0.25) is 0 Å². The molecule has 0 aliphatic carbocycles. The lowest BCUT2D eigenvalue weighted by molar-refractivity contribution is 0.173. The maximum Gasteiger partial charge on any atom is 0.123 e. The lowest BCUT2D eigenvalue weighted by Gasteiger charge is -2.32. The fraction of sp³-hybridized carbons (Fsp3) is 0.515. The van der Waals surface area contributed by atoms with Gasteiger partial charge < -0.3 is 4.74 Å². The normalized spacial score (nSPS) is 17.8. The van der Waals surface area contributed by atoms with Crippen molar-refractivity contribution in [2.24, 2.45) is 5.92 Å². The van der Waals surface area contributed by atoms with Crippen molar-refractivity contribution in [3.8, 4) is 5.75 Å². The topological polar surface area (TPSA) is 15.7 Å². The highest BCUT2D eigenvalue weighted by Gasteiger charge is 2.20. The second kappa shape index (κ2) is 16.1. The molecule has 0 unspecified atom stereocenters. The molecule has 0 bridgehead atoms. The van der Waals surface area contributed by atoms with Crippen LogP contribution < -0.4 is 4.74 Å². The van der Waals surface area contributed by atoms with Gasteiger partial charge in [-0.25, -0.2) is 4.39 Å². The third-order valence-corrected chi connectivity index (χ3v) is 7.76. The number of nitrogens with zero attached hydrogens (tertiary/aromatic N) is 2. The standard InChI is InChI=1S/C31H40ClFN2O.C2H6/c1-3-5-28(24(2)32)22-34-17-13-25(14-18-34)15-19-36-31-12-9-27-6-4-16-35(23-29(27)20-31)21-26-7-10-30(33)11-8-26;1-2/h3,5,7-12,20,25H,4,6,13-19,21-23H2,1-2H3;1-2H3/b5-3-,28-24-;. The number of hydrogen-bond acceptors (Lipinski definition) is 3. The molecule has 0 amide bonds. The minimum Gasteiger partial charge on any atom is -0.494 e. The first-order valence-electron chi connectivity index (χ1n) is 14.4. The Labute approximate surface area is 235 Å². The summed E-state index contributed by atoms with van der Waals surface area (Å²) < 4.78 is 19.5. The number of likely N-dealkylation sites (tertiary alicyclic amines) is 1. The van der Waals surface area contributed by atoms with Crippen molar-refractivity contribution in [3.63, 3.8) is 0 Å². The molecule has 2 aliphatic rings. The van der Waals surface area contributed by atoms with Crippen molar-refractivity contribution < 1.29 is 9.13 Å². The average Bonchev–Trinajstić information content (AvgIpc) is 3.13. The van der Waals surface area contributed by atoms with E-state index < -0.39 is 0 Å². The predicted octanol–water partition coefficient (Wildman–Crippen LogP) is 8.37. The van der Waals surface area contributed by atoms with Gasteiger partial charge in [-0.2, -0.15) is 0 Å². The minimum absolute atomic E-state index is 0.176. The SMILES string of the molecule is C/C=C\C(CN1CCC(CCOc2ccc3c(c2)CN(Cc2ccc(F)cc2)CCC3)CC1)=C(/C)Cl.CC. The van der Waals surface area contributed by atoms with E-state index in [2.05, 4.69) is 40.2 Å². The third kappa shape index (κ3) is 9.55. The molecule has 2 aliphatic heterocycles. The smallest absolute Gasteiger partial charge is 0.123 e. The summed E-state index contributed by atoms with van der Waals surface area (Å²) >= 11 is 6.27. The molecule has 2 aromatic rings. The van der Waals surface area contributed by atoms with Crippen LogP contribution in [-0.4, -0.2) is 42.6 Å². The van der Waals surface area contributed by atoms with Crippen LogP contribution in [-0.2, 0) is 19.5 Å². The van der Waals surface area contributed by atoms with E-state index >= 15 is 0 Å². The molecule has 3 nitrogen and oxygen atoms in total. The van der Waals surface area contributed by atoms with Gasteiger partial charge in [-0.3, -0.25) is 9.80 Å². The molecular weight excluding hydrogens is 495 g/mol.